The van der Waals surface area contributed by atoms with Crippen molar-refractivity contribution in [2.24, 2.45) is 0 Å². The molecule has 0 radical (unpaired) electrons. The SMILES string of the molecule is O=C(NCc1cccc(C#CCCO)c1)N1CCOCC1. The molecule has 2 N–H and O–H groups in total. The van der Waals surface area contributed by atoms with Crippen molar-refractivity contribution in [1.29, 1.82) is 0 Å². The van der Waals surface area contributed by atoms with E-state index in [1.165, 1.54) is 0 Å². The summed E-state index contributed by atoms with van der Waals surface area (Å²) < 4.78 is 5.22. The van der Waals surface area contributed by atoms with Crippen LogP contribution in [0.1, 0.15) is 17.5 Å². The van der Waals surface area contributed by atoms with E-state index in [4.69, 9.17) is 9.84 Å². The molecule has 0 atom stereocenters. The van der Waals surface area contributed by atoms with Crippen molar-refractivity contribution in [2.75, 3.05) is 32.9 Å². The summed E-state index contributed by atoms with van der Waals surface area (Å²) in [5, 5.41) is 11.6. The largest absolute Gasteiger partial charge is 0.395 e. The molecule has 0 aromatic heterocycles. The quantitative estimate of drug-likeness (QED) is 0.815. The van der Waals surface area contributed by atoms with Crippen LogP contribution < -0.4 is 5.32 Å². The first-order valence-corrected chi connectivity index (χ1v) is 7.09. The molecule has 1 aliphatic heterocycles. The highest BCUT2D eigenvalue weighted by molar-refractivity contribution is 5.74. The summed E-state index contributed by atoms with van der Waals surface area (Å²) in [5.74, 6) is 5.87. The van der Waals surface area contributed by atoms with Gasteiger partial charge in [0.15, 0.2) is 0 Å². The first-order valence-electron chi connectivity index (χ1n) is 7.09. The van der Waals surface area contributed by atoms with Crippen molar-refractivity contribution < 1.29 is 14.6 Å². The maximum Gasteiger partial charge on any atom is 0.317 e. The van der Waals surface area contributed by atoms with Crippen LogP contribution >= 0.6 is 0 Å². The van der Waals surface area contributed by atoms with Crippen molar-refractivity contribution in [1.82, 2.24) is 10.2 Å². The standard InChI is InChI=1S/C16H20N2O3/c19-9-2-1-4-14-5-3-6-15(12-14)13-17-16(20)18-7-10-21-11-8-18/h3,5-6,12,19H,2,7-11,13H2,(H,17,20). The molecule has 0 saturated carbocycles. The molecule has 1 fully saturated rings. The molecule has 1 aromatic rings. The van der Waals surface area contributed by atoms with Gasteiger partial charge in [-0.1, -0.05) is 24.0 Å². The third-order valence-electron chi connectivity index (χ3n) is 3.14. The Morgan fingerprint density at radius 3 is 2.95 bits per heavy atom. The Morgan fingerprint density at radius 1 is 1.38 bits per heavy atom. The molecule has 2 amide bonds. The van der Waals surface area contributed by atoms with E-state index in [0.717, 1.165) is 11.1 Å². The van der Waals surface area contributed by atoms with E-state index in [9.17, 15) is 4.79 Å². The van der Waals surface area contributed by atoms with Gasteiger partial charge in [-0.05, 0) is 17.7 Å². The molecule has 1 heterocycles. The first-order chi connectivity index (χ1) is 10.3. The van der Waals surface area contributed by atoms with Crippen LogP contribution in [0.15, 0.2) is 24.3 Å². The molecular weight excluding hydrogens is 268 g/mol. The zero-order valence-electron chi connectivity index (χ0n) is 12.0. The second-order valence-electron chi connectivity index (χ2n) is 4.73. The summed E-state index contributed by atoms with van der Waals surface area (Å²) >= 11 is 0. The number of urea groups is 1. The second-order valence-corrected chi connectivity index (χ2v) is 4.73. The summed E-state index contributed by atoms with van der Waals surface area (Å²) in [6.45, 7) is 3.03. The lowest BCUT2D eigenvalue weighted by Crippen LogP contribution is -2.45. The van der Waals surface area contributed by atoms with Crippen molar-refractivity contribution in [3.05, 3.63) is 35.4 Å². The topological polar surface area (TPSA) is 61.8 Å². The molecule has 0 aliphatic carbocycles. The van der Waals surface area contributed by atoms with E-state index >= 15 is 0 Å². The van der Waals surface area contributed by atoms with Crippen LogP contribution in [0.4, 0.5) is 4.79 Å². The van der Waals surface area contributed by atoms with Gasteiger partial charge in [0.2, 0.25) is 0 Å². The van der Waals surface area contributed by atoms with Gasteiger partial charge in [0.25, 0.3) is 0 Å². The van der Waals surface area contributed by atoms with Crippen LogP contribution in [-0.4, -0.2) is 48.9 Å². The molecule has 21 heavy (non-hydrogen) atoms. The molecule has 1 saturated heterocycles. The molecule has 5 heteroatoms. The van der Waals surface area contributed by atoms with Crippen LogP contribution in [0.25, 0.3) is 0 Å². The molecule has 2 rings (SSSR count). The lowest BCUT2D eigenvalue weighted by molar-refractivity contribution is 0.0531. The average molecular weight is 288 g/mol. The molecule has 1 aliphatic rings. The predicted octanol–water partition coefficient (Wildman–Crippen LogP) is 0.962. The predicted molar refractivity (Wildman–Crippen MR) is 79.7 cm³/mol. The maximum atomic E-state index is 12.0. The fourth-order valence-electron chi connectivity index (χ4n) is 2.04. The number of carbonyl (C=O) groups excluding carboxylic acids is 1. The number of nitrogens with zero attached hydrogens (tertiary/aromatic N) is 1. The average Bonchev–Trinajstić information content (AvgIpc) is 2.54. The normalized spacial score (nSPS) is 14.2. The molecule has 112 valence electrons. The van der Waals surface area contributed by atoms with E-state index in [-0.39, 0.29) is 12.6 Å². The highest BCUT2D eigenvalue weighted by atomic mass is 16.5. The second kappa shape index (κ2) is 8.30. The number of benzene rings is 1. The highest BCUT2D eigenvalue weighted by Crippen LogP contribution is 2.05. The van der Waals surface area contributed by atoms with Crippen molar-refractivity contribution in [2.45, 2.75) is 13.0 Å². The van der Waals surface area contributed by atoms with Crippen molar-refractivity contribution in [3.63, 3.8) is 0 Å². The lowest BCUT2D eigenvalue weighted by Gasteiger charge is -2.26. The highest BCUT2D eigenvalue weighted by Gasteiger charge is 2.15. The van der Waals surface area contributed by atoms with Crippen LogP contribution in [-0.2, 0) is 11.3 Å². The fourth-order valence-corrected chi connectivity index (χ4v) is 2.04. The summed E-state index contributed by atoms with van der Waals surface area (Å²) in [4.78, 5) is 13.7. The Hall–Kier alpha value is -2.03. The Balaban J connectivity index is 1.86. The van der Waals surface area contributed by atoms with Gasteiger partial charge in [0.05, 0.1) is 19.8 Å². The third-order valence-corrected chi connectivity index (χ3v) is 3.14. The minimum Gasteiger partial charge on any atom is -0.395 e. The van der Waals surface area contributed by atoms with Crippen LogP contribution in [0.3, 0.4) is 0 Å². The number of nitrogens with one attached hydrogen (secondary N) is 1. The zero-order chi connectivity index (χ0) is 14.9. The zero-order valence-corrected chi connectivity index (χ0v) is 12.0. The molecule has 0 bridgehead atoms. The molecule has 5 nitrogen and oxygen atoms in total. The Labute approximate surface area is 124 Å². The van der Waals surface area contributed by atoms with Crippen molar-refractivity contribution >= 4 is 6.03 Å². The lowest BCUT2D eigenvalue weighted by atomic mass is 10.1. The summed E-state index contributed by atoms with van der Waals surface area (Å²) in [5.41, 5.74) is 1.90. The van der Waals surface area contributed by atoms with Gasteiger partial charge in [-0.3, -0.25) is 0 Å². The monoisotopic (exact) mass is 288 g/mol. The summed E-state index contributed by atoms with van der Waals surface area (Å²) in [6, 6.07) is 7.67. The van der Waals surface area contributed by atoms with E-state index in [1.54, 1.807) is 4.90 Å². The van der Waals surface area contributed by atoms with Crippen LogP contribution in [0.2, 0.25) is 0 Å². The number of hydrogen-bond acceptors (Lipinski definition) is 3. The van der Waals surface area contributed by atoms with Gasteiger partial charge in [-0.25, -0.2) is 4.79 Å². The number of carbonyl (C=O) groups is 1. The fraction of sp³-hybridized carbons (Fsp3) is 0.438. The van der Waals surface area contributed by atoms with Crippen LogP contribution in [0, 0.1) is 11.8 Å². The summed E-state index contributed by atoms with van der Waals surface area (Å²) in [6.07, 6.45) is 0.470. The molecule has 0 spiro atoms. The maximum absolute atomic E-state index is 12.0. The van der Waals surface area contributed by atoms with Gasteiger partial charge in [-0.15, -0.1) is 0 Å². The van der Waals surface area contributed by atoms with Gasteiger partial charge in [-0.2, -0.15) is 0 Å². The summed E-state index contributed by atoms with van der Waals surface area (Å²) in [7, 11) is 0. The van der Waals surface area contributed by atoms with Gasteiger partial charge in [0, 0.05) is 31.6 Å². The van der Waals surface area contributed by atoms with Crippen molar-refractivity contribution in [3.8, 4) is 11.8 Å². The first kappa shape index (κ1) is 15.4. The minimum atomic E-state index is -0.0601. The Morgan fingerprint density at radius 2 is 2.19 bits per heavy atom. The van der Waals surface area contributed by atoms with Gasteiger partial charge >= 0.3 is 6.03 Å². The van der Waals surface area contributed by atoms with Gasteiger partial charge in [0.1, 0.15) is 0 Å². The molecule has 0 unspecified atom stereocenters. The van der Waals surface area contributed by atoms with E-state index in [2.05, 4.69) is 17.2 Å². The molecular formula is C16H20N2O3. The van der Waals surface area contributed by atoms with E-state index < -0.39 is 0 Å². The number of morpholine rings is 1. The minimum absolute atomic E-state index is 0.0601. The van der Waals surface area contributed by atoms with E-state index in [1.807, 2.05) is 24.3 Å². The Bertz CT molecular complexity index is 528. The number of hydrogen-bond donors (Lipinski definition) is 2. The van der Waals surface area contributed by atoms with Crippen LogP contribution in [0.5, 0.6) is 0 Å². The number of rotatable bonds is 3. The number of aliphatic hydroxyl groups is 1. The number of ether oxygens (including phenoxy) is 1. The molecule has 1 aromatic carbocycles. The third kappa shape index (κ3) is 5.10. The number of amides is 2. The van der Waals surface area contributed by atoms with Gasteiger partial charge < -0.3 is 20.1 Å². The number of aliphatic hydroxyl groups excluding tert-OH is 1. The Kier molecular flexibility index (Phi) is 6.07. The van der Waals surface area contributed by atoms with E-state index in [0.29, 0.717) is 39.3 Å². The smallest absolute Gasteiger partial charge is 0.317 e.